The first-order valence-corrected chi connectivity index (χ1v) is 8.91. The summed E-state index contributed by atoms with van der Waals surface area (Å²) in [5, 5.41) is 5.61. The Balaban J connectivity index is 1.99. The number of benzene rings is 2. The number of hydrogen-bond acceptors (Lipinski definition) is 2. The molecule has 2 aromatic carbocycles. The van der Waals surface area contributed by atoms with E-state index in [4.69, 9.17) is 11.6 Å². The number of carbonyl (C=O) groups excluding carboxylic acids is 2. The van der Waals surface area contributed by atoms with Crippen LogP contribution >= 0.6 is 11.6 Å². The summed E-state index contributed by atoms with van der Waals surface area (Å²) in [6.07, 6.45) is 1.65. The van der Waals surface area contributed by atoms with Crippen LogP contribution in [0.15, 0.2) is 54.6 Å². The van der Waals surface area contributed by atoms with Crippen LogP contribution in [0.25, 0.3) is 0 Å². The number of amides is 2. The molecule has 25 heavy (non-hydrogen) atoms. The van der Waals surface area contributed by atoms with Gasteiger partial charge in [-0.25, -0.2) is 0 Å². The lowest BCUT2D eigenvalue weighted by molar-refractivity contribution is -0.126. The summed E-state index contributed by atoms with van der Waals surface area (Å²) in [6, 6.07) is 17.2. The highest BCUT2D eigenvalue weighted by molar-refractivity contribution is 6.17. The summed E-state index contributed by atoms with van der Waals surface area (Å²) in [4.78, 5) is 24.1. The van der Waals surface area contributed by atoms with Crippen LogP contribution < -0.4 is 10.6 Å². The van der Waals surface area contributed by atoms with Gasteiger partial charge in [-0.05, 0) is 37.0 Å². The topological polar surface area (TPSA) is 58.2 Å². The highest BCUT2D eigenvalue weighted by atomic mass is 35.5. The van der Waals surface area contributed by atoms with Gasteiger partial charge in [-0.1, -0.05) is 48.5 Å². The predicted octanol–water partition coefficient (Wildman–Crippen LogP) is 3.74. The maximum atomic E-state index is 12.4. The second-order valence-corrected chi connectivity index (χ2v) is 6.27. The summed E-state index contributed by atoms with van der Waals surface area (Å²) >= 11 is 5.58. The van der Waals surface area contributed by atoms with Gasteiger partial charge in [0, 0.05) is 18.0 Å². The maximum Gasteiger partial charge on any atom is 0.246 e. The molecule has 5 heteroatoms. The summed E-state index contributed by atoms with van der Waals surface area (Å²) in [5.74, 6) is 0.0292. The van der Waals surface area contributed by atoms with Crippen LogP contribution in [0.4, 0.5) is 5.69 Å². The summed E-state index contributed by atoms with van der Waals surface area (Å²) < 4.78 is 0. The molecule has 0 saturated carbocycles. The van der Waals surface area contributed by atoms with Gasteiger partial charge in [-0.2, -0.15) is 0 Å². The molecule has 2 aromatic rings. The summed E-state index contributed by atoms with van der Waals surface area (Å²) in [6.45, 7) is 1.67. The lowest BCUT2D eigenvalue weighted by atomic mass is 10.0. The molecule has 0 aliphatic rings. The highest BCUT2D eigenvalue weighted by Gasteiger charge is 2.16. The van der Waals surface area contributed by atoms with Crippen molar-refractivity contribution >= 4 is 29.1 Å². The Morgan fingerprint density at radius 1 is 1.04 bits per heavy atom. The van der Waals surface area contributed by atoms with Crippen LogP contribution in [-0.4, -0.2) is 23.7 Å². The van der Waals surface area contributed by atoms with E-state index in [9.17, 15) is 9.59 Å². The van der Waals surface area contributed by atoms with Crippen molar-refractivity contribution < 1.29 is 9.59 Å². The van der Waals surface area contributed by atoms with Crippen LogP contribution in [0.2, 0.25) is 0 Å². The summed E-state index contributed by atoms with van der Waals surface area (Å²) in [5.41, 5.74) is 2.97. The Kier molecular flexibility index (Phi) is 7.48. The quantitative estimate of drug-likeness (QED) is 0.706. The third-order valence-electron chi connectivity index (χ3n) is 3.82. The number of halogens is 1. The molecule has 1 atom stereocenters. The predicted molar refractivity (Wildman–Crippen MR) is 102 cm³/mol. The van der Waals surface area contributed by atoms with Crippen molar-refractivity contribution in [3.8, 4) is 0 Å². The van der Waals surface area contributed by atoms with Crippen molar-refractivity contribution in [1.82, 2.24) is 5.32 Å². The molecule has 0 fully saturated rings. The van der Waals surface area contributed by atoms with Gasteiger partial charge in [-0.3, -0.25) is 9.59 Å². The summed E-state index contributed by atoms with van der Waals surface area (Å²) in [7, 11) is 0. The van der Waals surface area contributed by atoms with Crippen molar-refractivity contribution in [2.75, 3.05) is 11.2 Å². The fraction of sp³-hybridized carbons (Fsp3) is 0.300. The second-order valence-electron chi connectivity index (χ2n) is 5.89. The minimum atomic E-state index is -0.604. The van der Waals surface area contributed by atoms with Gasteiger partial charge in [0.25, 0.3) is 0 Å². The molecular formula is C20H23ClN2O2. The normalized spacial score (nSPS) is 11.6. The van der Waals surface area contributed by atoms with E-state index in [0.717, 1.165) is 17.7 Å². The molecule has 0 aliphatic carbocycles. The number of anilines is 1. The van der Waals surface area contributed by atoms with Gasteiger partial charge in [0.1, 0.15) is 6.04 Å². The van der Waals surface area contributed by atoms with Crippen molar-refractivity contribution in [2.24, 2.45) is 0 Å². The van der Waals surface area contributed by atoms with E-state index in [-0.39, 0.29) is 11.8 Å². The zero-order valence-corrected chi connectivity index (χ0v) is 15.1. The Bertz CT molecular complexity index is 704. The van der Waals surface area contributed by atoms with Gasteiger partial charge < -0.3 is 10.6 Å². The van der Waals surface area contributed by atoms with E-state index in [1.165, 1.54) is 5.56 Å². The fourth-order valence-corrected chi connectivity index (χ4v) is 2.59. The van der Waals surface area contributed by atoms with E-state index in [0.29, 0.717) is 18.7 Å². The van der Waals surface area contributed by atoms with Crippen LogP contribution in [0.5, 0.6) is 0 Å². The number of rotatable bonds is 8. The first kappa shape index (κ1) is 19.0. The fourth-order valence-electron chi connectivity index (χ4n) is 2.46. The monoisotopic (exact) mass is 358 g/mol. The Morgan fingerprint density at radius 3 is 2.44 bits per heavy atom. The largest absolute Gasteiger partial charge is 0.345 e. The van der Waals surface area contributed by atoms with E-state index >= 15 is 0 Å². The molecule has 2 rings (SSSR count). The van der Waals surface area contributed by atoms with Crippen LogP contribution in [-0.2, 0) is 16.0 Å². The molecule has 1 unspecified atom stereocenters. The van der Waals surface area contributed by atoms with Gasteiger partial charge in [0.15, 0.2) is 0 Å². The number of carbonyl (C=O) groups is 2. The van der Waals surface area contributed by atoms with Crippen molar-refractivity contribution in [1.29, 1.82) is 0 Å². The Morgan fingerprint density at radius 2 is 1.72 bits per heavy atom. The SMILES string of the molecule is CC(NC(=O)CCCCl)C(=O)Nc1ccccc1Cc1ccccc1. The smallest absolute Gasteiger partial charge is 0.246 e. The molecule has 0 bridgehead atoms. The molecule has 2 amide bonds. The zero-order valence-electron chi connectivity index (χ0n) is 14.3. The third kappa shape index (κ3) is 6.24. The minimum Gasteiger partial charge on any atom is -0.345 e. The Hall–Kier alpha value is -2.33. The molecule has 0 aliphatic heterocycles. The van der Waals surface area contributed by atoms with E-state index in [2.05, 4.69) is 22.8 Å². The van der Waals surface area contributed by atoms with Gasteiger partial charge in [0.2, 0.25) is 11.8 Å². The molecule has 0 heterocycles. The average Bonchev–Trinajstić information content (AvgIpc) is 2.62. The van der Waals surface area contributed by atoms with Crippen molar-refractivity contribution in [3.63, 3.8) is 0 Å². The molecule has 0 saturated heterocycles. The van der Waals surface area contributed by atoms with Crippen molar-refractivity contribution in [2.45, 2.75) is 32.2 Å². The van der Waals surface area contributed by atoms with Gasteiger partial charge >= 0.3 is 0 Å². The van der Waals surface area contributed by atoms with Crippen LogP contribution in [0.1, 0.15) is 30.9 Å². The molecule has 0 aromatic heterocycles. The van der Waals surface area contributed by atoms with Gasteiger partial charge in [0.05, 0.1) is 0 Å². The van der Waals surface area contributed by atoms with Gasteiger partial charge in [-0.15, -0.1) is 11.6 Å². The highest BCUT2D eigenvalue weighted by Crippen LogP contribution is 2.19. The number of hydrogen-bond donors (Lipinski definition) is 2. The standard InChI is InChI=1S/C20H23ClN2O2/c1-15(22-19(24)12-7-13-21)20(25)23-18-11-6-5-10-17(18)14-16-8-3-2-4-9-16/h2-6,8-11,15H,7,12-14H2,1H3,(H,22,24)(H,23,25). The lowest BCUT2D eigenvalue weighted by Crippen LogP contribution is -2.41. The number of alkyl halides is 1. The van der Waals surface area contributed by atoms with Crippen molar-refractivity contribution in [3.05, 3.63) is 65.7 Å². The maximum absolute atomic E-state index is 12.4. The molecule has 0 radical (unpaired) electrons. The molecule has 132 valence electrons. The minimum absolute atomic E-state index is 0.166. The van der Waals surface area contributed by atoms with Crippen LogP contribution in [0.3, 0.4) is 0 Å². The first-order valence-electron chi connectivity index (χ1n) is 8.38. The van der Waals surface area contributed by atoms with E-state index < -0.39 is 6.04 Å². The first-order chi connectivity index (χ1) is 12.1. The third-order valence-corrected chi connectivity index (χ3v) is 4.09. The van der Waals surface area contributed by atoms with E-state index in [1.807, 2.05) is 42.5 Å². The second kappa shape index (κ2) is 9.84. The average molecular weight is 359 g/mol. The van der Waals surface area contributed by atoms with Crippen LogP contribution in [0, 0.1) is 0 Å². The zero-order chi connectivity index (χ0) is 18.1. The molecular weight excluding hydrogens is 336 g/mol. The molecule has 2 N–H and O–H groups in total. The Labute approximate surface area is 153 Å². The molecule has 4 nitrogen and oxygen atoms in total. The number of nitrogens with one attached hydrogen (secondary N) is 2. The van der Waals surface area contributed by atoms with E-state index in [1.54, 1.807) is 6.92 Å². The number of para-hydroxylation sites is 1. The lowest BCUT2D eigenvalue weighted by Gasteiger charge is -2.16. The molecule has 0 spiro atoms.